The van der Waals surface area contributed by atoms with Crippen LogP contribution in [0.3, 0.4) is 0 Å². The summed E-state index contributed by atoms with van der Waals surface area (Å²) in [6, 6.07) is 0. The lowest BCUT2D eigenvalue weighted by Crippen LogP contribution is -2.37. The maximum atomic E-state index is 4.61. The Morgan fingerprint density at radius 2 is 2.12 bits per heavy atom. The number of aryl methyl sites for hydroxylation is 4. The van der Waals surface area contributed by atoms with E-state index in [-0.39, 0.29) is 24.0 Å². The Morgan fingerprint density at radius 3 is 2.71 bits per heavy atom. The average molecular weight is 462 g/mol. The van der Waals surface area contributed by atoms with Crippen molar-refractivity contribution >= 4 is 41.3 Å². The summed E-state index contributed by atoms with van der Waals surface area (Å²) in [5.74, 6) is 0.851. The van der Waals surface area contributed by atoms with E-state index in [2.05, 4.69) is 45.8 Å². The molecule has 0 saturated carbocycles. The van der Waals surface area contributed by atoms with Gasteiger partial charge in [0.25, 0.3) is 0 Å². The zero-order chi connectivity index (χ0) is 16.7. The van der Waals surface area contributed by atoms with Crippen LogP contribution in [-0.2, 0) is 20.0 Å². The minimum absolute atomic E-state index is 0. The molecular weight excluding hydrogens is 435 g/mol. The predicted molar refractivity (Wildman–Crippen MR) is 111 cm³/mol. The lowest BCUT2D eigenvalue weighted by Gasteiger charge is -2.10. The lowest BCUT2D eigenvalue weighted by molar-refractivity contribution is 0.740. The molecule has 2 heterocycles. The summed E-state index contributed by atoms with van der Waals surface area (Å²) in [6.07, 6.45) is 6.05. The van der Waals surface area contributed by atoms with Crippen LogP contribution in [0.5, 0.6) is 0 Å². The number of halogens is 1. The Kier molecular flexibility index (Phi) is 9.27. The molecule has 0 aromatic carbocycles. The Labute approximate surface area is 165 Å². The second kappa shape index (κ2) is 10.7. The maximum Gasteiger partial charge on any atom is 0.191 e. The van der Waals surface area contributed by atoms with Crippen LogP contribution in [0.2, 0.25) is 0 Å². The molecule has 24 heavy (non-hydrogen) atoms. The van der Waals surface area contributed by atoms with Crippen molar-refractivity contribution in [3.05, 3.63) is 33.5 Å². The summed E-state index contributed by atoms with van der Waals surface area (Å²) < 4.78 is 1.84. The smallest absolute Gasteiger partial charge is 0.191 e. The molecule has 0 aliphatic carbocycles. The normalized spacial score (nSPS) is 11.2. The monoisotopic (exact) mass is 462 g/mol. The molecule has 0 aliphatic rings. The first kappa shape index (κ1) is 20.9. The van der Waals surface area contributed by atoms with E-state index in [1.54, 1.807) is 11.3 Å². The van der Waals surface area contributed by atoms with Gasteiger partial charge in [-0.2, -0.15) is 5.10 Å². The summed E-state index contributed by atoms with van der Waals surface area (Å²) in [5, 5.41) is 11.9. The van der Waals surface area contributed by atoms with E-state index in [0.717, 1.165) is 42.6 Å². The van der Waals surface area contributed by atoms with Crippen molar-refractivity contribution in [2.24, 2.45) is 12.0 Å². The van der Waals surface area contributed by atoms with Crippen LogP contribution < -0.4 is 10.6 Å². The van der Waals surface area contributed by atoms with Crippen molar-refractivity contribution in [1.29, 1.82) is 0 Å². The molecule has 2 aromatic heterocycles. The Bertz CT molecular complexity index is 629. The van der Waals surface area contributed by atoms with Gasteiger partial charge in [0.05, 0.1) is 18.4 Å². The highest BCUT2D eigenvalue weighted by Gasteiger charge is 2.04. The van der Waals surface area contributed by atoms with Crippen LogP contribution in [-0.4, -0.2) is 33.8 Å². The van der Waals surface area contributed by atoms with Crippen molar-refractivity contribution in [2.45, 2.75) is 40.2 Å². The minimum Gasteiger partial charge on any atom is -0.357 e. The molecule has 134 valence electrons. The quantitative estimate of drug-likeness (QED) is 0.288. The SMILES string of the molecule is CCNC(=NCc1nc(C)c(C)s1)NCCCc1cnn(C)c1.I. The van der Waals surface area contributed by atoms with Gasteiger partial charge < -0.3 is 10.6 Å². The van der Waals surface area contributed by atoms with Gasteiger partial charge in [-0.1, -0.05) is 0 Å². The summed E-state index contributed by atoms with van der Waals surface area (Å²) >= 11 is 1.72. The topological polar surface area (TPSA) is 67.1 Å². The summed E-state index contributed by atoms with van der Waals surface area (Å²) in [5.41, 5.74) is 2.37. The zero-order valence-electron chi connectivity index (χ0n) is 14.8. The third-order valence-electron chi connectivity index (χ3n) is 3.48. The molecule has 0 aliphatic heterocycles. The second-order valence-corrected chi connectivity index (χ2v) is 6.78. The van der Waals surface area contributed by atoms with E-state index in [1.165, 1.54) is 10.4 Å². The van der Waals surface area contributed by atoms with Crippen molar-refractivity contribution in [3.63, 3.8) is 0 Å². The van der Waals surface area contributed by atoms with E-state index in [4.69, 9.17) is 0 Å². The van der Waals surface area contributed by atoms with Gasteiger partial charge in [-0.25, -0.2) is 9.98 Å². The van der Waals surface area contributed by atoms with Crippen LogP contribution in [0, 0.1) is 13.8 Å². The fraction of sp³-hybridized carbons (Fsp3) is 0.562. The van der Waals surface area contributed by atoms with Crippen LogP contribution >= 0.6 is 35.3 Å². The molecule has 2 rings (SSSR count). The first-order valence-electron chi connectivity index (χ1n) is 8.01. The largest absolute Gasteiger partial charge is 0.357 e. The fourth-order valence-corrected chi connectivity index (χ4v) is 3.05. The number of aromatic nitrogens is 3. The van der Waals surface area contributed by atoms with Gasteiger partial charge in [0.1, 0.15) is 5.01 Å². The molecule has 0 unspecified atom stereocenters. The van der Waals surface area contributed by atoms with E-state index < -0.39 is 0 Å². The third-order valence-corrected chi connectivity index (χ3v) is 4.54. The summed E-state index contributed by atoms with van der Waals surface area (Å²) in [7, 11) is 1.94. The third kappa shape index (κ3) is 6.76. The number of rotatable bonds is 7. The van der Waals surface area contributed by atoms with Crippen LogP contribution in [0.4, 0.5) is 0 Å². The molecule has 6 nitrogen and oxygen atoms in total. The lowest BCUT2D eigenvalue weighted by atomic mass is 10.2. The highest BCUT2D eigenvalue weighted by Crippen LogP contribution is 2.16. The molecule has 0 amide bonds. The van der Waals surface area contributed by atoms with Gasteiger partial charge in [0.2, 0.25) is 0 Å². The molecule has 0 atom stereocenters. The second-order valence-electron chi connectivity index (χ2n) is 5.50. The first-order valence-corrected chi connectivity index (χ1v) is 8.82. The molecule has 8 heteroatoms. The average Bonchev–Trinajstić information content (AvgIpc) is 3.07. The molecule has 0 spiro atoms. The summed E-state index contributed by atoms with van der Waals surface area (Å²) in [6.45, 7) is 8.58. The molecule has 0 saturated heterocycles. The molecular formula is C16H27IN6S. The molecule has 0 fully saturated rings. The van der Waals surface area contributed by atoms with Crippen LogP contribution in [0.1, 0.15) is 34.5 Å². The van der Waals surface area contributed by atoms with Crippen molar-refractivity contribution in [1.82, 2.24) is 25.4 Å². The van der Waals surface area contributed by atoms with Crippen LogP contribution in [0.25, 0.3) is 0 Å². The molecule has 0 bridgehead atoms. The first-order chi connectivity index (χ1) is 11.1. The standard InChI is InChI=1S/C16H26N6S.HI/c1-5-17-16(19-10-15-21-12(2)13(3)23-15)18-8-6-7-14-9-20-22(4)11-14;/h9,11H,5-8,10H2,1-4H3,(H2,17,18,19);1H. The number of thiazole rings is 1. The van der Waals surface area contributed by atoms with Gasteiger partial charge in [-0.05, 0) is 39.2 Å². The number of nitrogens with one attached hydrogen (secondary N) is 2. The van der Waals surface area contributed by atoms with E-state index in [9.17, 15) is 0 Å². The van der Waals surface area contributed by atoms with Crippen molar-refractivity contribution in [2.75, 3.05) is 13.1 Å². The van der Waals surface area contributed by atoms with E-state index in [1.807, 2.05) is 24.9 Å². The number of hydrogen-bond donors (Lipinski definition) is 2. The fourth-order valence-electron chi connectivity index (χ4n) is 2.20. The highest BCUT2D eigenvalue weighted by atomic mass is 127. The van der Waals surface area contributed by atoms with Crippen LogP contribution in [0.15, 0.2) is 17.4 Å². The zero-order valence-corrected chi connectivity index (χ0v) is 17.9. The number of guanidine groups is 1. The number of hydrogen-bond acceptors (Lipinski definition) is 4. The van der Waals surface area contributed by atoms with Gasteiger partial charge in [0, 0.05) is 31.2 Å². The maximum absolute atomic E-state index is 4.61. The summed E-state index contributed by atoms with van der Waals surface area (Å²) in [4.78, 5) is 10.4. The van der Waals surface area contributed by atoms with E-state index >= 15 is 0 Å². The van der Waals surface area contributed by atoms with Gasteiger partial charge in [0.15, 0.2) is 5.96 Å². The Balaban J connectivity index is 0.00000288. The van der Waals surface area contributed by atoms with Gasteiger partial charge in [-0.15, -0.1) is 35.3 Å². The van der Waals surface area contributed by atoms with Crippen molar-refractivity contribution < 1.29 is 0 Å². The minimum atomic E-state index is 0. The molecule has 0 radical (unpaired) electrons. The molecule has 2 aromatic rings. The highest BCUT2D eigenvalue weighted by molar-refractivity contribution is 14.0. The van der Waals surface area contributed by atoms with E-state index in [0.29, 0.717) is 6.54 Å². The number of nitrogens with zero attached hydrogens (tertiary/aromatic N) is 4. The van der Waals surface area contributed by atoms with Gasteiger partial charge in [-0.3, -0.25) is 4.68 Å². The number of aliphatic imine (C=N–C) groups is 1. The molecule has 2 N–H and O–H groups in total. The Hall–Kier alpha value is -1.16. The van der Waals surface area contributed by atoms with Gasteiger partial charge >= 0.3 is 0 Å². The predicted octanol–water partition coefficient (Wildman–Crippen LogP) is 2.80. The Morgan fingerprint density at radius 1 is 1.33 bits per heavy atom. The van der Waals surface area contributed by atoms with Crippen molar-refractivity contribution in [3.8, 4) is 0 Å².